The predicted molar refractivity (Wildman–Crippen MR) is 52.9 cm³/mol. The van der Waals surface area contributed by atoms with E-state index in [0.29, 0.717) is 31.6 Å². The van der Waals surface area contributed by atoms with E-state index in [9.17, 15) is 4.79 Å². The Hall–Kier alpha value is -1.85. The van der Waals surface area contributed by atoms with Gasteiger partial charge in [0.2, 0.25) is 0 Å². The van der Waals surface area contributed by atoms with Gasteiger partial charge in [0.05, 0.1) is 5.71 Å². The minimum Gasteiger partial charge on any atom is -0.411 e. The Kier molecular flexibility index (Phi) is 2.66. The Morgan fingerprint density at radius 3 is 2.80 bits per heavy atom. The minimum atomic E-state index is -0.0514. The van der Waals surface area contributed by atoms with Crippen molar-refractivity contribution < 1.29 is 10.0 Å². The molecule has 0 radical (unpaired) electrons. The monoisotopic (exact) mass is 208 g/mol. The van der Waals surface area contributed by atoms with E-state index in [1.54, 1.807) is 17.2 Å². The predicted octanol–water partition coefficient (Wildman–Crippen LogP) is 0.476. The van der Waals surface area contributed by atoms with Gasteiger partial charge < -0.3 is 10.1 Å². The molecule has 0 spiro atoms. The fourth-order valence-corrected chi connectivity index (χ4v) is 1.61. The number of piperidine rings is 1. The fourth-order valence-electron chi connectivity index (χ4n) is 1.61. The number of nitrogens with one attached hydrogen (secondary N) is 1. The van der Waals surface area contributed by atoms with Gasteiger partial charge in [-0.2, -0.15) is 5.10 Å². The van der Waals surface area contributed by atoms with Crippen molar-refractivity contribution in [2.45, 2.75) is 12.8 Å². The summed E-state index contributed by atoms with van der Waals surface area (Å²) >= 11 is 0. The highest BCUT2D eigenvalue weighted by molar-refractivity contribution is 5.94. The highest BCUT2D eigenvalue weighted by Gasteiger charge is 2.21. The average Bonchev–Trinajstić information content (AvgIpc) is 2.82. The maximum atomic E-state index is 11.8. The molecule has 0 saturated carbocycles. The molecule has 1 aliphatic heterocycles. The lowest BCUT2D eigenvalue weighted by Crippen LogP contribution is -2.38. The van der Waals surface area contributed by atoms with Crippen LogP contribution in [0.25, 0.3) is 0 Å². The van der Waals surface area contributed by atoms with Crippen molar-refractivity contribution in [3.8, 4) is 0 Å². The molecule has 0 aliphatic carbocycles. The summed E-state index contributed by atoms with van der Waals surface area (Å²) in [5.41, 5.74) is 1.25. The third kappa shape index (κ3) is 1.98. The van der Waals surface area contributed by atoms with Gasteiger partial charge in [-0.1, -0.05) is 5.16 Å². The van der Waals surface area contributed by atoms with Gasteiger partial charge in [0.1, 0.15) is 5.69 Å². The van der Waals surface area contributed by atoms with Gasteiger partial charge in [-0.3, -0.25) is 9.89 Å². The lowest BCUT2D eigenvalue weighted by Gasteiger charge is -2.26. The molecule has 0 aromatic carbocycles. The van der Waals surface area contributed by atoms with Crippen molar-refractivity contribution in [2.75, 3.05) is 13.1 Å². The smallest absolute Gasteiger partial charge is 0.271 e. The molecule has 1 saturated heterocycles. The molecule has 6 heteroatoms. The Bertz CT molecular complexity index is 361. The van der Waals surface area contributed by atoms with E-state index in [1.165, 1.54) is 0 Å². The van der Waals surface area contributed by atoms with Gasteiger partial charge in [0, 0.05) is 32.1 Å². The molecule has 80 valence electrons. The molecule has 2 N–H and O–H groups in total. The number of carbonyl (C=O) groups excluding carboxylic acids is 1. The molecule has 2 heterocycles. The highest BCUT2D eigenvalue weighted by atomic mass is 16.4. The molecule has 1 aliphatic rings. The first kappa shape index (κ1) is 9.70. The quantitative estimate of drug-likeness (QED) is 0.520. The Labute approximate surface area is 86.6 Å². The molecule has 2 rings (SSSR count). The molecule has 0 bridgehead atoms. The Morgan fingerprint density at radius 1 is 1.53 bits per heavy atom. The first-order valence-electron chi connectivity index (χ1n) is 4.79. The van der Waals surface area contributed by atoms with Crippen molar-refractivity contribution in [1.82, 2.24) is 15.1 Å². The Morgan fingerprint density at radius 2 is 2.27 bits per heavy atom. The number of likely N-dealkylation sites (tertiary alicyclic amines) is 1. The topological polar surface area (TPSA) is 81.6 Å². The molecule has 1 aromatic rings. The summed E-state index contributed by atoms with van der Waals surface area (Å²) in [6, 6.07) is 1.65. The summed E-state index contributed by atoms with van der Waals surface area (Å²) in [5.74, 6) is -0.0514. The number of aromatic nitrogens is 2. The van der Waals surface area contributed by atoms with Crippen molar-refractivity contribution in [3.63, 3.8) is 0 Å². The van der Waals surface area contributed by atoms with Crippen molar-refractivity contribution in [1.29, 1.82) is 0 Å². The lowest BCUT2D eigenvalue weighted by molar-refractivity contribution is 0.0748. The Balaban J connectivity index is 1.99. The summed E-state index contributed by atoms with van der Waals surface area (Å²) < 4.78 is 0. The number of hydrogen-bond acceptors (Lipinski definition) is 4. The number of amides is 1. The van der Waals surface area contributed by atoms with Crippen LogP contribution in [-0.2, 0) is 0 Å². The number of aromatic amines is 1. The summed E-state index contributed by atoms with van der Waals surface area (Å²) in [6.45, 7) is 1.19. The maximum Gasteiger partial charge on any atom is 0.271 e. The van der Waals surface area contributed by atoms with Crippen LogP contribution >= 0.6 is 0 Å². The first-order chi connectivity index (χ1) is 7.31. The molecule has 0 atom stereocenters. The number of nitrogens with zero attached hydrogens (tertiary/aromatic N) is 3. The summed E-state index contributed by atoms with van der Waals surface area (Å²) in [4.78, 5) is 13.5. The molecule has 15 heavy (non-hydrogen) atoms. The number of hydrogen-bond donors (Lipinski definition) is 2. The molecule has 1 amide bonds. The van der Waals surface area contributed by atoms with Gasteiger partial charge >= 0.3 is 0 Å². The molecule has 6 nitrogen and oxygen atoms in total. The highest BCUT2D eigenvalue weighted by Crippen LogP contribution is 2.10. The number of rotatable bonds is 1. The zero-order valence-corrected chi connectivity index (χ0v) is 8.18. The van der Waals surface area contributed by atoms with Crippen LogP contribution in [0.3, 0.4) is 0 Å². The van der Waals surface area contributed by atoms with E-state index >= 15 is 0 Å². The summed E-state index contributed by atoms with van der Waals surface area (Å²) in [5, 5.41) is 18.1. The summed E-state index contributed by atoms with van der Waals surface area (Å²) in [7, 11) is 0. The SMILES string of the molecule is O=C(c1ccn[nH]1)N1CCC(=NO)CC1. The number of H-pyrrole nitrogens is 1. The average molecular weight is 208 g/mol. The van der Waals surface area contributed by atoms with E-state index < -0.39 is 0 Å². The van der Waals surface area contributed by atoms with E-state index in [4.69, 9.17) is 5.21 Å². The zero-order chi connectivity index (χ0) is 10.7. The van der Waals surface area contributed by atoms with E-state index in [-0.39, 0.29) is 5.91 Å². The zero-order valence-electron chi connectivity index (χ0n) is 8.18. The molecule has 0 unspecified atom stereocenters. The van der Waals surface area contributed by atoms with Gasteiger partial charge in [0.15, 0.2) is 0 Å². The van der Waals surface area contributed by atoms with Crippen molar-refractivity contribution >= 4 is 11.6 Å². The second-order valence-electron chi connectivity index (χ2n) is 3.43. The normalized spacial score (nSPS) is 16.5. The second kappa shape index (κ2) is 4.12. The molecular weight excluding hydrogens is 196 g/mol. The molecular formula is C9H12N4O2. The number of oxime groups is 1. The van der Waals surface area contributed by atoms with Gasteiger partial charge in [-0.25, -0.2) is 0 Å². The standard InChI is InChI=1S/C9H12N4O2/c14-9(8-1-4-10-11-8)13-5-2-7(12-15)3-6-13/h1,4,15H,2-3,5-6H2,(H,10,11). The van der Waals surface area contributed by atoms with Crippen LogP contribution < -0.4 is 0 Å². The van der Waals surface area contributed by atoms with Crippen LogP contribution in [0.15, 0.2) is 17.4 Å². The fraction of sp³-hybridized carbons (Fsp3) is 0.444. The van der Waals surface area contributed by atoms with Crippen LogP contribution in [0.4, 0.5) is 0 Å². The van der Waals surface area contributed by atoms with E-state index in [0.717, 1.165) is 5.71 Å². The van der Waals surface area contributed by atoms with Crippen molar-refractivity contribution in [2.24, 2.45) is 5.16 Å². The maximum absolute atomic E-state index is 11.8. The van der Waals surface area contributed by atoms with Gasteiger partial charge in [-0.05, 0) is 6.07 Å². The minimum absolute atomic E-state index is 0.0514. The number of carbonyl (C=O) groups is 1. The van der Waals surface area contributed by atoms with Crippen LogP contribution in [0.1, 0.15) is 23.3 Å². The lowest BCUT2D eigenvalue weighted by atomic mass is 10.1. The van der Waals surface area contributed by atoms with E-state index in [1.807, 2.05) is 0 Å². The van der Waals surface area contributed by atoms with Crippen LogP contribution in [0, 0.1) is 0 Å². The van der Waals surface area contributed by atoms with Crippen LogP contribution in [-0.4, -0.2) is 45.0 Å². The molecule has 1 aromatic heterocycles. The van der Waals surface area contributed by atoms with Gasteiger partial charge in [0.25, 0.3) is 5.91 Å². The van der Waals surface area contributed by atoms with E-state index in [2.05, 4.69) is 15.4 Å². The second-order valence-corrected chi connectivity index (χ2v) is 3.43. The molecule has 1 fully saturated rings. The summed E-state index contributed by atoms with van der Waals surface area (Å²) in [6.07, 6.45) is 2.82. The first-order valence-corrected chi connectivity index (χ1v) is 4.79. The van der Waals surface area contributed by atoms with Crippen LogP contribution in [0.2, 0.25) is 0 Å². The third-order valence-electron chi connectivity index (χ3n) is 2.50. The van der Waals surface area contributed by atoms with Gasteiger partial charge in [-0.15, -0.1) is 0 Å². The third-order valence-corrected chi connectivity index (χ3v) is 2.50. The van der Waals surface area contributed by atoms with Crippen molar-refractivity contribution in [3.05, 3.63) is 18.0 Å². The largest absolute Gasteiger partial charge is 0.411 e. The van der Waals surface area contributed by atoms with Crippen LogP contribution in [0.5, 0.6) is 0 Å².